The Morgan fingerprint density at radius 2 is 1.94 bits per heavy atom. The fraction of sp³-hybridized carbons (Fsp3) is 0.300. The Hall–Kier alpha value is -1.16. The molecule has 0 radical (unpaired) electrons. The molecule has 0 aliphatic heterocycles. The monoisotopic (exact) mass is 245 g/mol. The summed E-state index contributed by atoms with van der Waals surface area (Å²) in [6.07, 6.45) is -1.03. The molecule has 2 N–H and O–H groups in total. The van der Waals surface area contributed by atoms with Crippen LogP contribution in [0, 0.1) is 23.0 Å². The molecule has 0 amide bonds. The summed E-state index contributed by atoms with van der Waals surface area (Å²) in [6, 6.07) is 3.49. The van der Waals surface area contributed by atoms with E-state index in [1.54, 1.807) is 6.07 Å². The van der Waals surface area contributed by atoms with Gasteiger partial charge < -0.3 is 10.2 Å². The highest BCUT2D eigenvalue weighted by Gasteiger charge is 2.13. The van der Waals surface area contributed by atoms with Gasteiger partial charge in [0.05, 0.1) is 29.2 Å². The Bertz CT molecular complexity index is 397. The first-order chi connectivity index (χ1) is 7.58. The Morgan fingerprint density at radius 1 is 1.38 bits per heavy atom. The van der Waals surface area contributed by atoms with Crippen molar-refractivity contribution in [3.8, 4) is 6.07 Å². The van der Waals surface area contributed by atoms with Crippen LogP contribution in [0.2, 0.25) is 0 Å². The van der Waals surface area contributed by atoms with Gasteiger partial charge in [0.25, 0.3) is 0 Å². The number of nitrogens with zero attached hydrogens (tertiary/aromatic N) is 1. The van der Waals surface area contributed by atoms with Crippen molar-refractivity contribution >= 4 is 11.8 Å². The third kappa shape index (κ3) is 3.17. The third-order valence-electron chi connectivity index (χ3n) is 1.76. The molecule has 0 saturated carbocycles. The molecule has 1 rings (SSSR count). The first-order valence-electron chi connectivity index (χ1n) is 4.39. The Morgan fingerprint density at radius 3 is 2.38 bits per heavy atom. The van der Waals surface area contributed by atoms with E-state index in [0.29, 0.717) is 0 Å². The molecule has 3 nitrogen and oxygen atoms in total. The summed E-state index contributed by atoms with van der Waals surface area (Å²) in [5.74, 6) is -1.70. The number of nitriles is 1. The van der Waals surface area contributed by atoms with Gasteiger partial charge in [-0.3, -0.25) is 0 Å². The first kappa shape index (κ1) is 12.9. The minimum absolute atomic E-state index is 0.0176. The summed E-state index contributed by atoms with van der Waals surface area (Å²) in [4.78, 5) is -0.258. The molecule has 0 saturated heterocycles. The minimum Gasteiger partial charge on any atom is -0.394 e. The molecule has 0 fully saturated rings. The number of rotatable bonds is 4. The molecule has 0 bridgehead atoms. The second-order valence-corrected chi connectivity index (χ2v) is 4.06. The van der Waals surface area contributed by atoms with Gasteiger partial charge in [0.2, 0.25) is 0 Å². The molecule has 0 spiro atoms. The molecule has 6 heteroatoms. The number of aliphatic hydroxyl groups excluding tert-OH is 2. The maximum absolute atomic E-state index is 13.3. The Labute approximate surface area is 95.3 Å². The van der Waals surface area contributed by atoms with Crippen LogP contribution in [0.15, 0.2) is 17.0 Å². The maximum atomic E-state index is 13.3. The van der Waals surface area contributed by atoms with Gasteiger partial charge in [0.1, 0.15) is 11.6 Å². The third-order valence-corrected chi connectivity index (χ3v) is 2.99. The summed E-state index contributed by atoms with van der Waals surface area (Å²) < 4.78 is 26.6. The van der Waals surface area contributed by atoms with Crippen LogP contribution in [0.25, 0.3) is 0 Å². The van der Waals surface area contributed by atoms with Crippen molar-refractivity contribution in [1.82, 2.24) is 0 Å². The number of aliphatic hydroxyl groups is 2. The zero-order valence-electron chi connectivity index (χ0n) is 8.15. The van der Waals surface area contributed by atoms with Crippen LogP contribution >= 0.6 is 11.8 Å². The number of benzene rings is 1. The van der Waals surface area contributed by atoms with E-state index in [0.717, 1.165) is 23.9 Å². The summed E-state index contributed by atoms with van der Waals surface area (Å²) in [6.45, 7) is -0.466. The highest BCUT2D eigenvalue weighted by Crippen LogP contribution is 2.26. The van der Waals surface area contributed by atoms with Crippen LogP contribution in [-0.2, 0) is 0 Å². The smallest absolute Gasteiger partial charge is 0.141 e. The molecular formula is C10H9F2NO2S. The normalized spacial score (nSPS) is 12.2. The topological polar surface area (TPSA) is 64.2 Å². The molecular weight excluding hydrogens is 236 g/mol. The van der Waals surface area contributed by atoms with Crippen LogP contribution in [0.4, 0.5) is 8.78 Å². The SMILES string of the molecule is N#Cc1cc(F)c(SCC(O)CO)c(F)c1. The number of thioether (sulfide) groups is 1. The molecule has 0 aliphatic rings. The van der Waals surface area contributed by atoms with E-state index in [2.05, 4.69) is 0 Å². The van der Waals surface area contributed by atoms with E-state index < -0.39 is 24.3 Å². The van der Waals surface area contributed by atoms with Gasteiger partial charge in [-0.1, -0.05) is 0 Å². The van der Waals surface area contributed by atoms with E-state index in [4.69, 9.17) is 15.5 Å². The fourth-order valence-electron chi connectivity index (χ4n) is 0.995. The van der Waals surface area contributed by atoms with Gasteiger partial charge in [0, 0.05) is 5.75 Å². The van der Waals surface area contributed by atoms with Crippen molar-refractivity contribution in [3.63, 3.8) is 0 Å². The van der Waals surface area contributed by atoms with Gasteiger partial charge in [0.15, 0.2) is 0 Å². The molecule has 16 heavy (non-hydrogen) atoms. The lowest BCUT2D eigenvalue weighted by atomic mass is 10.2. The van der Waals surface area contributed by atoms with Gasteiger partial charge >= 0.3 is 0 Å². The van der Waals surface area contributed by atoms with E-state index in [-0.39, 0.29) is 16.2 Å². The summed E-state index contributed by atoms with van der Waals surface area (Å²) >= 11 is 0.756. The standard InChI is InChI=1S/C10H9F2NO2S/c11-8-1-6(3-13)2-9(12)10(8)16-5-7(15)4-14/h1-2,7,14-15H,4-5H2. The van der Waals surface area contributed by atoms with E-state index in [1.807, 2.05) is 0 Å². The summed E-state index contributed by atoms with van der Waals surface area (Å²) in [7, 11) is 0. The second-order valence-electron chi connectivity index (χ2n) is 3.03. The van der Waals surface area contributed by atoms with Crippen molar-refractivity contribution in [2.24, 2.45) is 0 Å². The van der Waals surface area contributed by atoms with Gasteiger partial charge in [-0.2, -0.15) is 5.26 Å². The largest absolute Gasteiger partial charge is 0.394 e. The number of hydrogen-bond acceptors (Lipinski definition) is 4. The molecule has 0 aliphatic carbocycles. The summed E-state index contributed by atoms with van der Waals surface area (Å²) in [5.41, 5.74) is -0.0953. The molecule has 1 unspecified atom stereocenters. The van der Waals surface area contributed by atoms with Crippen LogP contribution in [0.3, 0.4) is 0 Å². The van der Waals surface area contributed by atoms with Gasteiger partial charge in [-0.05, 0) is 12.1 Å². The number of hydrogen-bond donors (Lipinski definition) is 2. The van der Waals surface area contributed by atoms with Crippen LogP contribution in [-0.4, -0.2) is 28.7 Å². The van der Waals surface area contributed by atoms with Crippen LogP contribution in [0.1, 0.15) is 5.56 Å². The van der Waals surface area contributed by atoms with Crippen LogP contribution < -0.4 is 0 Å². The second kappa shape index (κ2) is 5.80. The average molecular weight is 245 g/mol. The van der Waals surface area contributed by atoms with Crippen molar-refractivity contribution in [1.29, 1.82) is 5.26 Å². The van der Waals surface area contributed by atoms with Crippen molar-refractivity contribution < 1.29 is 19.0 Å². The number of halogens is 2. The lowest BCUT2D eigenvalue weighted by molar-refractivity contribution is 0.113. The molecule has 0 heterocycles. The van der Waals surface area contributed by atoms with E-state index >= 15 is 0 Å². The van der Waals surface area contributed by atoms with E-state index in [9.17, 15) is 8.78 Å². The summed E-state index contributed by atoms with van der Waals surface area (Å²) in [5, 5.41) is 26.0. The molecule has 86 valence electrons. The maximum Gasteiger partial charge on any atom is 0.141 e. The lowest BCUT2D eigenvalue weighted by Crippen LogP contribution is -2.14. The quantitative estimate of drug-likeness (QED) is 0.784. The Kier molecular flexibility index (Phi) is 4.68. The average Bonchev–Trinajstić information content (AvgIpc) is 2.27. The fourth-order valence-corrected chi connectivity index (χ4v) is 1.85. The van der Waals surface area contributed by atoms with Gasteiger partial charge in [-0.15, -0.1) is 11.8 Å². The predicted molar refractivity (Wildman–Crippen MR) is 54.9 cm³/mol. The Balaban J connectivity index is 2.85. The molecule has 1 aromatic rings. The first-order valence-corrected chi connectivity index (χ1v) is 5.38. The zero-order valence-corrected chi connectivity index (χ0v) is 8.97. The van der Waals surface area contributed by atoms with Crippen molar-refractivity contribution in [2.45, 2.75) is 11.0 Å². The van der Waals surface area contributed by atoms with Crippen LogP contribution in [0.5, 0.6) is 0 Å². The van der Waals surface area contributed by atoms with Crippen molar-refractivity contribution in [3.05, 3.63) is 29.3 Å². The lowest BCUT2D eigenvalue weighted by Gasteiger charge is -2.08. The van der Waals surface area contributed by atoms with Gasteiger partial charge in [-0.25, -0.2) is 8.78 Å². The molecule has 0 aromatic heterocycles. The molecule has 1 atom stereocenters. The van der Waals surface area contributed by atoms with E-state index in [1.165, 1.54) is 0 Å². The molecule has 1 aromatic carbocycles. The zero-order chi connectivity index (χ0) is 12.1. The highest BCUT2D eigenvalue weighted by atomic mass is 32.2. The van der Waals surface area contributed by atoms with Crippen molar-refractivity contribution in [2.75, 3.05) is 12.4 Å². The predicted octanol–water partition coefficient (Wildman–Crippen LogP) is 1.28. The minimum atomic E-state index is -1.03. The highest BCUT2D eigenvalue weighted by molar-refractivity contribution is 7.99.